The van der Waals surface area contributed by atoms with Gasteiger partial charge in [-0.3, -0.25) is 4.79 Å². The van der Waals surface area contributed by atoms with Crippen LogP contribution in [0.1, 0.15) is 88.2 Å². The van der Waals surface area contributed by atoms with Crippen LogP contribution in [0.3, 0.4) is 0 Å². The first-order valence-electron chi connectivity index (χ1n) is 8.13. The van der Waals surface area contributed by atoms with Gasteiger partial charge in [0.2, 0.25) is 0 Å². The zero-order valence-electron chi connectivity index (χ0n) is 13.3. The molecular formula is C17H28N2O. The molecule has 1 aliphatic carbocycles. The van der Waals surface area contributed by atoms with Gasteiger partial charge in [-0.25, -0.2) is 4.98 Å². The van der Waals surface area contributed by atoms with E-state index in [4.69, 9.17) is 4.98 Å². The monoisotopic (exact) mass is 276 g/mol. The maximum Gasteiger partial charge on any atom is 0.254 e. The van der Waals surface area contributed by atoms with Crippen LogP contribution in [0.15, 0.2) is 4.79 Å². The summed E-state index contributed by atoms with van der Waals surface area (Å²) in [4.78, 5) is 20.0. The Hall–Kier alpha value is -1.12. The Bertz CT molecular complexity index is 496. The van der Waals surface area contributed by atoms with Crippen molar-refractivity contribution in [1.82, 2.24) is 9.97 Å². The van der Waals surface area contributed by atoms with Crippen LogP contribution in [0.25, 0.3) is 0 Å². The zero-order valence-corrected chi connectivity index (χ0v) is 13.3. The summed E-state index contributed by atoms with van der Waals surface area (Å²) in [5.74, 6) is 2.50. The Balaban J connectivity index is 2.13. The van der Waals surface area contributed by atoms with Crippen molar-refractivity contribution in [2.45, 2.75) is 78.1 Å². The summed E-state index contributed by atoms with van der Waals surface area (Å²) in [5, 5.41) is 0. The summed E-state index contributed by atoms with van der Waals surface area (Å²) in [6.07, 6.45) is 7.55. The molecule has 0 bridgehead atoms. The van der Waals surface area contributed by atoms with Crippen LogP contribution in [0.4, 0.5) is 0 Å². The molecule has 1 aromatic heterocycles. The lowest BCUT2D eigenvalue weighted by Crippen LogP contribution is -2.23. The molecule has 1 N–H and O–H groups in total. The Kier molecular flexibility index (Phi) is 5.00. The van der Waals surface area contributed by atoms with Crippen molar-refractivity contribution in [3.8, 4) is 0 Å². The van der Waals surface area contributed by atoms with Gasteiger partial charge in [-0.15, -0.1) is 0 Å². The number of aromatic amines is 1. The molecule has 0 radical (unpaired) electrons. The van der Waals surface area contributed by atoms with E-state index in [1.165, 1.54) is 38.5 Å². The Morgan fingerprint density at radius 2 is 1.90 bits per heavy atom. The third-order valence-corrected chi connectivity index (χ3v) is 4.67. The predicted molar refractivity (Wildman–Crippen MR) is 83.3 cm³/mol. The second-order valence-corrected chi connectivity index (χ2v) is 6.61. The van der Waals surface area contributed by atoms with Crippen molar-refractivity contribution in [3.05, 3.63) is 27.4 Å². The van der Waals surface area contributed by atoms with Crippen LogP contribution in [0.2, 0.25) is 0 Å². The number of rotatable bonds is 4. The number of H-pyrrole nitrogens is 1. The summed E-state index contributed by atoms with van der Waals surface area (Å²) >= 11 is 0. The van der Waals surface area contributed by atoms with Gasteiger partial charge in [0.15, 0.2) is 0 Å². The number of nitrogens with zero attached hydrogens (tertiary/aromatic N) is 1. The molecule has 3 nitrogen and oxygen atoms in total. The van der Waals surface area contributed by atoms with Gasteiger partial charge in [0.25, 0.3) is 5.56 Å². The molecule has 0 amide bonds. The number of hydrogen-bond donors (Lipinski definition) is 1. The van der Waals surface area contributed by atoms with E-state index in [9.17, 15) is 4.79 Å². The number of nitrogens with one attached hydrogen (secondary N) is 1. The molecule has 0 saturated heterocycles. The fraction of sp³-hybridized carbons (Fsp3) is 0.765. The average molecular weight is 276 g/mol. The lowest BCUT2D eigenvalue weighted by Gasteiger charge is -2.28. The molecule has 0 aromatic carbocycles. The van der Waals surface area contributed by atoms with E-state index in [0.29, 0.717) is 5.92 Å². The van der Waals surface area contributed by atoms with Gasteiger partial charge >= 0.3 is 0 Å². The van der Waals surface area contributed by atoms with E-state index < -0.39 is 0 Å². The first-order valence-corrected chi connectivity index (χ1v) is 8.13. The van der Waals surface area contributed by atoms with Crippen molar-refractivity contribution in [2.75, 3.05) is 0 Å². The average Bonchev–Trinajstić information content (AvgIpc) is 2.38. The SMILES string of the molecule is CCCC1CCC(c2nc(C)c(C(C)C)c(=O)[nH]2)CC1. The summed E-state index contributed by atoms with van der Waals surface area (Å²) in [6.45, 7) is 8.33. The predicted octanol–water partition coefficient (Wildman–Crippen LogP) is 4.28. The van der Waals surface area contributed by atoms with Crippen molar-refractivity contribution in [2.24, 2.45) is 5.92 Å². The quantitative estimate of drug-likeness (QED) is 0.892. The first kappa shape index (κ1) is 15.3. The van der Waals surface area contributed by atoms with Crippen molar-refractivity contribution in [3.63, 3.8) is 0 Å². The van der Waals surface area contributed by atoms with E-state index >= 15 is 0 Å². The first-order chi connectivity index (χ1) is 9.52. The van der Waals surface area contributed by atoms with E-state index in [1.54, 1.807) is 0 Å². The highest BCUT2D eigenvalue weighted by Crippen LogP contribution is 2.36. The van der Waals surface area contributed by atoms with Crippen LogP contribution in [0, 0.1) is 12.8 Å². The summed E-state index contributed by atoms with van der Waals surface area (Å²) in [6, 6.07) is 0. The van der Waals surface area contributed by atoms with Crippen molar-refractivity contribution in [1.29, 1.82) is 0 Å². The van der Waals surface area contributed by atoms with Crippen molar-refractivity contribution >= 4 is 0 Å². The second-order valence-electron chi connectivity index (χ2n) is 6.61. The lowest BCUT2D eigenvalue weighted by atomic mass is 9.79. The molecule has 20 heavy (non-hydrogen) atoms. The number of hydrogen-bond acceptors (Lipinski definition) is 2. The molecule has 1 aromatic rings. The summed E-state index contributed by atoms with van der Waals surface area (Å²) in [7, 11) is 0. The van der Waals surface area contributed by atoms with Gasteiger partial charge in [-0.1, -0.05) is 33.6 Å². The minimum absolute atomic E-state index is 0.0678. The van der Waals surface area contributed by atoms with Gasteiger partial charge in [0.05, 0.1) is 0 Å². The van der Waals surface area contributed by atoms with Crippen LogP contribution in [0.5, 0.6) is 0 Å². The van der Waals surface area contributed by atoms with Crippen LogP contribution >= 0.6 is 0 Å². The maximum absolute atomic E-state index is 12.2. The molecular weight excluding hydrogens is 248 g/mol. The van der Waals surface area contributed by atoms with E-state index in [2.05, 4.69) is 25.8 Å². The van der Waals surface area contributed by atoms with E-state index in [-0.39, 0.29) is 11.5 Å². The van der Waals surface area contributed by atoms with Gasteiger partial charge in [-0.2, -0.15) is 0 Å². The normalized spacial score (nSPS) is 23.2. The molecule has 0 atom stereocenters. The summed E-state index contributed by atoms with van der Waals surface area (Å²) < 4.78 is 0. The highest BCUT2D eigenvalue weighted by Gasteiger charge is 2.24. The largest absolute Gasteiger partial charge is 0.310 e. The van der Waals surface area contributed by atoms with Crippen LogP contribution in [-0.4, -0.2) is 9.97 Å². The molecule has 3 heteroatoms. The molecule has 112 valence electrons. The maximum atomic E-state index is 12.2. The van der Waals surface area contributed by atoms with Gasteiger partial charge in [0.1, 0.15) is 5.82 Å². The molecule has 0 aliphatic heterocycles. The third kappa shape index (κ3) is 3.31. The van der Waals surface area contributed by atoms with Gasteiger partial charge < -0.3 is 4.98 Å². The Morgan fingerprint density at radius 3 is 2.40 bits per heavy atom. The Morgan fingerprint density at radius 1 is 1.25 bits per heavy atom. The zero-order chi connectivity index (χ0) is 14.7. The molecule has 2 rings (SSSR count). The highest BCUT2D eigenvalue weighted by atomic mass is 16.1. The van der Waals surface area contributed by atoms with Crippen LogP contribution in [-0.2, 0) is 0 Å². The standard InChI is InChI=1S/C17H28N2O/c1-5-6-13-7-9-14(10-8-13)16-18-12(4)15(11(2)3)17(20)19-16/h11,13-14H,5-10H2,1-4H3,(H,18,19,20). The molecule has 1 heterocycles. The molecule has 1 saturated carbocycles. The third-order valence-electron chi connectivity index (χ3n) is 4.67. The fourth-order valence-corrected chi connectivity index (χ4v) is 3.62. The number of aryl methyl sites for hydroxylation is 1. The molecule has 0 unspecified atom stereocenters. The fourth-order valence-electron chi connectivity index (χ4n) is 3.62. The Labute approximate surface area is 122 Å². The minimum Gasteiger partial charge on any atom is -0.310 e. The topological polar surface area (TPSA) is 45.8 Å². The molecule has 1 aliphatic rings. The van der Waals surface area contributed by atoms with Gasteiger partial charge in [-0.05, 0) is 44.4 Å². The summed E-state index contributed by atoms with van der Waals surface area (Å²) in [5.41, 5.74) is 1.82. The molecule has 0 spiro atoms. The minimum atomic E-state index is 0.0678. The van der Waals surface area contributed by atoms with E-state index in [1.807, 2.05) is 6.92 Å². The second kappa shape index (κ2) is 6.55. The highest BCUT2D eigenvalue weighted by molar-refractivity contribution is 5.21. The van der Waals surface area contributed by atoms with Gasteiger partial charge in [0, 0.05) is 17.2 Å². The molecule has 1 fully saturated rings. The van der Waals surface area contributed by atoms with Crippen molar-refractivity contribution < 1.29 is 0 Å². The smallest absolute Gasteiger partial charge is 0.254 e. The van der Waals surface area contributed by atoms with E-state index in [0.717, 1.165) is 23.0 Å². The lowest BCUT2D eigenvalue weighted by molar-refractivity contribution is 0.301. The van der Waals surface area contributed by atoms with Crippen LogP contribution < -0.4 is 5.56 Å². The number of aromatic nitrogens is 2.